The van der Waals surface area contributed by atoms with E-state index in [-0.39, 0.29) is 0 Å². The predicted molar refractivity (Wildman–Crippen MR) is 88.4 cm³/mol. The van der Waals surface area contributed by atoms with Crippen LogP contribution in [0.1, 0.15) is 50.3 Å². The average molecular weight is 288 g/mol. The molecule has 3 rings (SSSR count). The molecule has 3 heteroatoms. The van der Waals surface area contributed by atoms with Crippen molar-refractivity contribution in [2.45, 2.75) is 51.6 Å². The van der Waals surface area contributed by atoms with Crippen molar-refractivity contribution >= 4 is 16.9 Å². The molecule has 0 spiro atoms. The Balaban J connectivity index is 1.71. The molecule has 1 aliphatic carbocycles. The Kier molecular flexibility index (Phi) is 4.35. The van der Waals surface area contributed by atoms with Crippen molar-refractivity contribution in [3.05, 3.63) is 35.4 Å². The fraction of sp³-hybridized carbons (Fsp3) is 0.588. The second kappa shape index (κ2) is 6.21. The van der Waals surface area contributed by atoms with E-state index in [9.17, 15) is 0 Å². The highest BCUT2D eigenvalue weighted by molar-refractivity contribution is 8.14. The maximum absolute atomic E-state index is 5.00. The van der Waals surface area contributed by atoms with Crippen molar-refractivity contribution in [1.82, 2.24) is 5.32 Å². The highest BCUT2D eigenvalue weighted by Crippen LogP contribution is 2.33. The summed E-state index contributed by atoms with van der Waals surface area (Å²) in [7, 11) is 0. The Hall–Kier alpha value is -0.960. The van der Waals surface area contributed by atoms with Crippen LogP contribution in [0.25, 0.3) is 0 Å². The summed E-state index contributed by atoms with van der Waals surface area (Å²) < 4.78 is 0. The Morgan fingerprint density at radius 3 is 3.05 bits per heavy atom. The van der Waals surface area contributed by atoms with Gasteiger partial charge in [-0.05, 0) is 42.7 Å². The number of rotatable bonds is 3. The number of fused-ring (bicyclic) bond motifs is 1. The normalized spacial score (nSPS) is 27.6. The molecular weight excluding hydrogens is 264 g/mol. The molecule has 1 aromatic carbocycles. The van der Waals surface area contributed by atoms with Crippen LogP contribution in [0.3, 0.4) is 0 Å². The van der Waals surface area contributed by atoms with Gasteiger partial charge in [0.1, 0.15) is 0 Å². The van der Waals surface area contributed by atoms with Crippen LogP contribution in [0.15, 0.2) is 29.3 Å². The smallest absolute Gasteiger partial charge is 0.157 e. The Morgan fingerprint density at radius 2 is 2.20 bits per heavy atom. The van der Waals surface area contributed by atoms with Crippen molar-refractivity contribution in [2.24, 2.45) is 10.9 Å². The summed E-state index contributed by atoms with van der Waals surface area (Å²) in [5, 5.41) is 4.78. The highest BCUT2D eigenvalue weighted by atomic mass is 32.2. The van der Waals surface area contributed by atoms with E-state index in [1.54, 1.807) is 0 Å². The van der Waals surface area contributed by atoms with E-state index in [1.165, 1.54) is 42.6 Å². The summed E-state index contributed by atoms with van der Waals surface area (Å²) in [4.78, 5) is 5.00. The van der Waals surface area contributed by atoms with Crippen molar-refractivity contribution in [3.63, 3.8) is 0 Å². The third kappa shape index (κ3) is 3.20. The molecule has 2 aliphatic rings. The molecule has 1 fully saturated rings. The van der Waals surface area contributed by atoms with E-state index in [2.05, 4.69) is 43.4 Å². The molecule has 0 amide bonds. The van der Waals surface area contributed by atoms with Gasteiger partial charge in [0.05, 0.1) is 6.04 Å². The number of thioether (sulfide) groups is 1. The Bertz CT molecular complexity index is 496. The molecule has 20 heavy (non-hydrogen) atoms. The molecule has 2 atom stereocenters. The number of aliphatic imine (C=N–C) groups is 1. The van der Waals surface area contributed by atoms with Gasteiger partial charge in [-0.1, -0.05) is 49.9 Å². The van der Waals surface area contributed by atoms with Gasteiger partial charge in [0.25, 0.3) is 0 Å². The zero-order valence-corrected chi connectivity index (χ0v) is 13.2. The van der Waals surface area contributed by atoms with E-state index in [0.717, 1.165) is 11.1 Å². The second-order valence-corrected chi connectivity index (χ2v) is 7.33. The largest absolute Gasteiger partial charge is 0.361 e. The lowest BCUT2D eigenvalue weighted by atomic mass is 9.88. The van der Waals surface area contributed by atoms with E-state index in [0.29, 0.717) is 12.1 Å². The number of aryl methyl sites for hydroxylation is 1. The van der Waals surface area contributed by atoms with Gasteiger partial charge in [0.2, 0.25) is 0 Å². The lowest BCUT2D eigenvalue weighted by molar-refractivity contribution is 0.500. The molecule has 1 saturated heterocycles. The Labute approximate surface area is 126 Å². The van der Waals surface area contributed by atoms with Crippen LogP contribution < -0.4 is 5.32 Å². The molecule has 0 bridgehead atoms. The minimum atomic E-state index is 0.368. The molecule has 0 saturated carbocycles. The minimum Gasteiger partial charge on any atom is -0.361 e. The van der Waals surface area contributed by atoms with Crippen LogP contribution in [-0.4, -0.2) is 17.0 Å². The van der Waals surface area contributed by atoms with Crippen LogP contribution >= 0.6 is 11.8 Å². The van der Waals surface area contributed by atoms with E-state index < -0.39 is 0 Å². The molecule has 0 aromatic heterocycles. The van der Waals surface area contributed by atoms with Gasteiger partial charge in [0.15, 0.2) is 5.17 Å². The van der Waals surface area contributed by atoms with Gasteiger partial charge >= 0.3 is 0 Å². The first-order chi connectivity index (χ1) is 9.72. The highest BCUT2D eigenvalue weighted by Gasteiger charge is 2.24. The number of nitrogens with one attached hydrogen (secondary N) is 1. The monoisotopic (exact) mass is 288 g/mol. The van der Waals surface area contributed by atoms with Crippen LogP contribution in [0.5, 0.6) is 0 Å². The van der Waals surface area contributed by atoms with E-state index in [1.807, 2.05) is 11.8 Å². The second-order valence-electron chi connectivity index (χ2n) is 6.32. The fourth-order valence-corrected chi connectivity index (χ4v) is 4.24. The van der Waals surface area contributed by atoms with Crippen LogP contribution in [0, 0.1) is 5.92 Å². The number of hydrogen-bond donors (Lipinski definition) is 1. The van der Waals surface area contributed by atoms with Crippen LogP contribution in [0.4, 0.5) is 0 Å². The van der Waals surface area contributed by atoms with E-state index >= 15 is 0 Å². The zero-order chi connectivity index (χ0) is 13.9. The lowest BCUT2D eigenvalue weighted by Gasteiger charge is -2.22. The number of amidine groups is 1. The van der Waals surface area contributed by atoms with Crippen LogP contribution in [0.2, 0.25) is 0 Å². The fourth-order valence-electron chi connectivity index (χ4n) is 3.21. The number of nitrogens with zero attached hydrogens (tertiary/aromatic N) is 1. The van der Waals surface area contributed by atoms with Crippen molar-refractivity contribution in [3.8, 4) is 0 Å². The summed E-state index contributed by atoms with van der Waals surface area (Å²) in [6.45, 7) is 4.58. The molecule has 1 heterocycles. The number of benzene rings is 1. The Morgan fingerprint density at radius 1 is 1.35 bits per heavy atom. The maximum atomic E-state index is 5.00. The maximum Gasteiger partial charge on any atom is 0.157 e. The molecule has 0 radical (unpaired) electrons. The molecular formula is C17H24N2S. The topological polar surface area (TPSA) is 24.4 Å². The molecule has 1 N–H and O–H groups in total. The first-order valence-electron chi connectivity index (χ1n) is 7.77. The SMILES string of the molecule is CC(C)CC1CSC(=NC2CCCc3ccccc32)N1. The standard InChI is InChI=1S/C17H24N2S/c1-12(2)10-14-11-20-17(18-14)19-16-9-5-7-13-6-3-4-8-15(13)16/h3-4,6,8,12,14,16H,5,7,9-11H2,1-2H3,(H,18,19). The number of hydrogen-bond acceptors (Lipinski definition) is 2. The lowest BCUT2D eigenvalue weighted by Crippen LogP contribution is -2.28. The molecule has 2 unspecified atom stereocenters. The first-order valence-corrected chi connectivity index (χ1v) is 8.76. The predicted octanol–water partition coefficient (Wildman–Crippen LogP) is 4.17. The van der Waals surface area contributed by atoms with Crippen molar-refractivity contribution in [1.29, 1.82) is 0 Å². The zero-order valence-electron chi connectivity index (χ0n) is 12.4. The summed E-state index contributed by atoms with van der Waals surface area (Å²) in [6, 6.07) is 9.79. The van der Waals surface area contributed by atoms with Gasteiger partial charge in [-0.15, -0.1) is 0 Å². The third-order valence-corrected chi connectivity index (χ3v) is 5.18. The van der Waals surface area contributed by atoms with Crippen molar-refractivity contribution < 1.29 is 0 Å². The quantitative estimate of drug-likeness (QED) is 0.902. The minimum absolute atomic E-state index is 0.368. The summed E-state index contributed by atoms with van der Waals surface area (Å²) in [5.74, 6) is 1.92. The summed E-state index contributed by atoms with van der Waals surface area (Å²) in [6.07, 6.45) is 4.91. The third-order valence-electron chi connectivity index (χ3n) is 4.12. The summed E-state index contributed by atoms with van der Waals surface area (Å²) in [5.41, 5.74) is 2.94. The van der Waals surface area contributed by atoms with Crippen LogP contribution in [-0.2, 0) is 6.42 Å². The van der Waals surface area contributed by atoms with Gasteiger partial charge in [-0.25, -0.2) is 0 Å². The van der Waals surface area contributed by atoms with Gasteiger partial charge in [0, 0.05) is 11.8 Å². The van der Waals surface area contributed by atoms with Gasteiger partial charge in [-0.3, -0.25) is 4.99 Å². The molecule has 108 valence electrons. The first kappa shape index (κ1) is 14.0. The molecule has 1 aliphatic heterocycles. The van der Waals surface area contributed by atoms with Gasteiger partial charge in [-0.2, -0.15) is 0 Å². The summed E-state index contributed by atoms with van der Waals surface area (Å²) >= 11 is 1.90. The van der Waals surface area contributed by atoms with Gasteiger partial charge < -0.3 is 5.32 Å². The van der Waals surface area contributed by atoms with E-state index in [4.69, 9.17) is 4.99 Å². The molecule has 1 aromatic rings. The average Bonchev–Trinajstić information content (AvgIpc) is 2.86. The molecule has 2 nitrogen and oxygen atoms in total. The van der Waals surface area contributed by atoms with Crippen molar-refractivity contribution in [2.75, 3.05) is 5.75 Å².